The first-order chi connectivity index (χ1) is 9.83. The second-order valence-corrected chi connectivity index (χ2v) is 4.62. The summed E-state index contributed by atoms with van der Waals surface area (Å²) in [4.78, 5) is 0. The smallest absolute Gasteiger partial charge is 0.0721 e. The first-order valence-electron chi connectivity index (χ1n) is 6.84. The molecule has 0 saturated heterocycles. The summed E-state index contributed by atoms with van der Waals surface area (Å²) < 4.78 is 5.43. The van der Waals surface area contributed by atoms with E-state index in [0.717, 1.165) is 0 Å². The van der Waals surface area contributed by atoms with Crippen LogP contribution in [-0.2, 0) is 11.3 Å². The van der Waals surface area contributed by atoms with E-state index in [0.29, 0.717) is 13.2 Å². The summed E-state index contributed by atoms with van der Waals surface area (Å²) in [5, 5.41) is 0. The summed E-state index contributed by atoms with van der Waals surface area (Å²) >= 11 is 0. The number of hydrogen-bond acceptors (Lipinski definition) is 1. The average Bonchev–Trinajstić information content (AvgIpc) is 2.49. The van der Waals surface area contributed by atoms with Gasteiger partial charge in [0, 0.05) is 0 Å². The molecule has 0 aliphatic heterocycles. The molecule has 1 nitrogen and oxygen atoms in total. The molecule has 1 heteroatoms. The molecule has 0 aromatic heterocycles. The number of hydrogen-bond donors (Lipinski definition) is 0. The molecule has 0 spiro atoms. The number of benzene rings is 2. The fraction of sp³-hybridized carbons (Fsp3) is 0.158. The van der Waals surface area contributed by atoms with Crippen LogP contribution in [0.3, 0.4) is 0 Å². The molecule has 0 amide bonds. The normalized spacial score (nSPS) is 10.8. The lowest BCUT2D eigenvalue weighted by Crippen LogP contribution is -1.92. The van der Waals surface area contributed by atoms with E-state index in [-0.39, 0.29) is 0 Å². The van der Waals surface area contributed by atoms with Crippen molar-refractivity contribution in [3.05, 3.63) is 78.4 Å². The van der Waals surface area contributed by atoms with Gasteiger partial charge in [-0.25, -0.2) is 0 Å². The maximum atomic E-state index is 5.43. The van der Waals surface area contributed by atoms with Gasteiger partial charge < -0.3 is 4.74 Å². The summed E-state index contributed by atoms with van der Waals surface area (Å²) in [6.07, 6.45) is 5.91. The number of rotatable bonds is 6. The van der Waals surface area contributed by atoms with E-state index in [9.17, 15) is 0 Å². The molecule has 0 aliphatic rings. The largest absolute Gasteiger partial charge is 0.373 e. The van der Waals surface area contributed by atoms with Gasteiger partial charge in [0.2, 0.25) is 0 Å². The van der Waals surface area contributed by atoms with Gasteiger partial charge in [-0.2, -0.15) is 0 Å². The molecule has 2 rings (SSSR count). The summed E-state index contributed by atoms with van der Waals surface area (Å²) in [6, 6.07) is 17.1. The molecule has 0 N–H and O–H groups in total. The summed E-state index contributed by atoms with van der Waals surface area (Å²) in [7, 11) is 0. The van der Waals surface area contributed by atoms with Gasteiger partial charge >= 0.3 is 0 Å². The third kappa shape index (κ3) is 3.94. The van der Waals surface area contributed by atoms with Crippen molar-refractivity contribution >= 4 is 6.08 Å². The van der Waals surface area contributed by atoms with Crippen LogP contribution in [0.15, 0.2) is 67.3 Å². The van der Waals surface area contributed by atoms with E-state index >= 15 is 0 Å². The van der Waals surface area contributed by atoms with E-state index in [1.54, 1.807) is 6.08 Å². The Hall–Kier alpha value is -2.12. The molecule has 20 heavy (non-hydrogen) atoms. The fourth-order valence-electron chi connectivity index (χ4n) is 2.03. The zero-order valence-electron chi connectivity index (χ0n) is 11.9. The third-order valence-electron chi connectivity index (χ3n) is 3.06. The quantitative estimate of drug-likeness (QED) is 0.521. The molecule has 0 aliphatic carbocycles. The second kappa shape index (κ2) is 7.46. The highest BCUT2D eigenvalue weighted by molar-refractivity contribution is 5.65. The van der Waals surface area contributed by atoms with Crippen LogP contribution in [0.25, 0.3) is 17.2 Å². The van der Waals surface area contributed by atoms with E-state index in [4.69, 9.17) is 4.74 Å². The average molecular weight is 264 g/mol. The van der Waals surface area contributed by atoms with Gasteiger partial charge in [-0.3, -0.25) is 0 Å². The zero-order valence-corrected chi connectivity index (χ0v) is 11.9. The molecular formula is C19H20O. The van der Waals surface area contributed by atoms with Crippen molar-refractivity contribution < 1.29 is 4.74 Å². The number of ether oxygens (including phenoxy) is 1. The molecule has 0 fully saturated rings. The van der Waals surface area contributed by atoms with Crippen molar-refractivity contribution in [3.8, 4) is 11.1 Å². The van der Waals surface area contributed by atoms with Crippen LogP contribution in [0.2, 0.25) is 0 Å². The zero-order chi connectivity index (χ0) is 14.2. The van der Waals surface area contributed by atoms with Gasteiger partial charge in [0.05, 0.1) is 13.2 Å². The lowest BCUT2D eigenvalue weighted by atomic mass is 10.0. The van der Waals surface area contributed by atoms with Gasteiger partial charge in [0.1, 0.15) is 0 Å². The maximum Gasteiger partial charge on any atom is 0.0721 e. The third-order valence-corrected chi connectivity index (χ3v) is 3.06. The lowest BCUT2D eigenvalue weighted by molar-refractivity contribution is 0.149. The minimum atomic E-state index is 0.591. The Labute approximate surface area is 121 Å². The van der Waals surface area contributed by atoms with E-state index in [1.165, 1.54) is 22.3 Å². The van der Waals surface area contributed by atoms with Gasteiger partial charge in [-0.1, -0.05) is 66.8 Å². The molecule has 0 heterocycles. The molecule has 102 valence electrons. The molecular weight excluding hydrogens is 244 g/mol. The van der Waals surface area contributed by atoms with Crippen molar-refractivity contribution in [3.63, 3.8) is 0 Å². The lowest BCUT2D eigenvalue weighted by Gasteiger charge is -2.05. The Bertz CT molecular complexity index is 562. The predicted octanol–water partition coefficient (Wildman–Crippen LogP) is 5.09. The van der Waals surface area contributed by atoms with Crippen LogP contribution >= 0.6 is 0 Å². The van der Waals surface area contributed by atoms with Crippen molar-refractivity contribution in [2.24, 2.45) is 0 Å². The number of allylic oxidation sites excluding steroid dienone is 1. The van der Waals surface area contributed by atoms with Crippen molar-refractivity contribution in [1.82, 2.24) is 0 Å². The van der Waals surface area contributed by atoms with Crippen LogP contribution in [0.4, 0.5) is 0 Å². The Balaban J connectivity index is 2.07. The minimum absolute atomic E-state index is 0.591. The van der Waals surface area contributed by atoms with E-state index < -0.39 is 0 Å². The first kappa shape index (κ1) is 14.3. The molecule has 0 bridgehead atoms. The van der Waals surface area contributed by atoms with Crippen LogP contribution in [0.1, 0.15) is 18.1 Å². The van der Waals surface area contributed by atoms with Crippen molar-refractivity contribution in [2.45, 2.75) is 13.5 Å². The second-order valence-electron chi connectivity index (χ2n) is 4.62. The van der Waals surface area contributed by atoms with Gasteiger partial charge in [0.25, 0.3) is 0 Å². The fourth-order valence-corrected chi connectivity index (χ4v) is 2.03. The predicted molar refractivity (Wildman–Crippen MR) is 86.4 cm³/mol. The monoisotopic (exact) mass is 264 g/mol. The molecule has 2 aromatic rings. The van der Waals surface area contributed by atoms with Gasteiger partial charge in [0.15, 0.2) is 0 Å². The summed E-state index contributed by atoms with van der Waals surface area (Å²) in [6.45, 7) is 6.89. The molecule has 0 atom stereocenters. The van der Waals surface area contributed by atoms with Gasteiger partial charge in [-0.05, 0) is 29.2 Å². The highest BCUT2D eigenvalue weighted by Gasteiger charge is 1.98. The molecule has 0 saturated carbocycles. The Morgan fingerprint density at radius 1 is 0.950 bits per heavy atom. The Morgan fingerprint density at radius 3 is 2.10 bits per heavy atom. The molecule has 0 radical (unpaired) electrons. The highest BCUT2D eigenvalue weighted by Crippen LogP contribution is 2.21. The highest BCUT2D eigenvalue weighted by atomic mass is 16.5. The summed E-state index contributed by atoms with van der Waals surface area (Å²) in [5.41, 5.74) is 4.87. The first-order valence-corrected chi connectivity index (χ1v) is 6.84. The van der Waals surface area contributed by atoms with Crippen LogP contribution in [0, 0.1) is 0 Å². The standard InChI is InChI=1S/C19H20O/c1-3-5-16-6-10-18(11-7-16)19-12-8-17(9-13-19)15-20-14-4-2/h3-13H,2,14-15H2,1H3. The minimum Gasteiger partial charge on any atom is -0.373 e. The summed E-state index contributed by atoms with van der Waals surface area (Å²) in [5.74, 6) is 0. The van der Waals surface area contributed by atoms with Crippen molar-refractivity contribution in [2.75, 3.05) is 6.61 Å². The van der Waals surface area contributed by atoms with E-state index in [1.807, 2.05) is 13.0 Å². The topological polar surface area (TPSA) is 9.23 Å². The van der Waals surface area contributed by atoms with Crippen molar-refractivity contribution in [1.29, 1.82) is 0 Å². The molecule has 2 aromatic carbocycles. The van der Waals surface area contributed by atoms with E-state index in [2.05, 4.69) is 61.2 Å². The Kier molecular flexibility index (Phi) is 5.33. The van der Waals surface area contributed by atoms with Gasteiger partial charge in [-0.15, -0.1) is 6.58 Å². The Morgan fingerprint density at radius 2 is 1.55 bits per heavy atom. The maximum absolute atomic E-state index is 5.43. The van der Waals surface area contributed by atoms with Crippen LogP contribution in [-0.4, -0.2) is 6.61 Å². The van der Waals surface area contributed by atoms with Crippen LogP contribution in [0.5, 0.6) is 0 Å². The SMILES string of the molecule is C=CCOCc1ccc(-c2ccc(C=CC)cc2)cc1. The van der Waals surface area contributed by atoms with Crippen LogP contribution < -0.4 is 0 Å². The molecule has 0 unspecified atom stereocenters.